The molecule has 6 nitrogen and oxygen atoms in total. The summed E-state index contributed by atoms with van der Waals surface area (Å²) in [5.41, 5.74) is 2.10. The van der Waals surface area contributed by atoms with Gasteiger partial charge in [0.05, 0.1) is 5.69 Å². The maximum atomic E-state index is 13.2. The van der Waals surface area contributed by atoms with Crippen LogP contribution in [0.5, 0.6) is 5.75 Å². The molecule has 1 N–H and O–H groups in total. The lowest BCUT2D eigenvalue weighted by Crippen LogP contribution is -2.54. The second-order valence-corrected chi connectivity index (χ2v) is 9.21. The first kappa shape index (κ1) is 24.0. The molecule has 0 atom stereocenters. The van der Waals surface area contributed by atoms with Crippen LogP contribution in [0.3, 0.4) is 0 Å². The van der Waals surface area contributed by atoms with Crippen molar-refractivity contribution < 1.29 is 19.1 Å². The van der Waals surface area contributed by atoms with Gasteiger partial charge in [0, 0.05) is 25.6 Å². The van der Waals surface area contributed by atoms with E-state index in [4.69, 9.17) is 27.9 Å². The van der Waals surface area contributed by atoms with Crippen molar-refractivity contribution in [2.75, 3.05) is 4.90 Å². The van der Waals surface area contributed by atoms with E-state index in [1.54, 1.807) is 67.6 Å². The van der Waals surface area contributed by atoms with Gasteiger partial charge in [-0.15, -0.1) is 0 Å². The normalized spacial score (nSPS) is 15.0. The minimum Gasteiger partial charge on any atom is -0.488 e. The zero-order valence-electron chi connectivity index (χ0n) is 17.8. The zero-order valence-corrected chi connectivity index (χ0v) is 20.9. The maximum absolute atomic E-state index is 13.2. The van der Waals surface area contributed by atoms with E-state index in [0.29, 0.717) is 32.6 Å². The molecule has 0 aromatic heterocycles. The Kier molecular flexibility index (Phi) is 7.07. The highest BCUT2D eigenvalue weighted by Gasteiger charge is 2.37. The average molecular weight is 560 g/mol. The number of imide groups is 2. The SMILES string of the molecule is Cc1cc(Br)ccc1N1C(=O)NC(=O)/C(=C/c2ccccc2OCc2ccc(Cl)cc2Cl)C1=O. The number of nitrogens with one attached hydrogen (secondary N) is 1. The van der Waals surface area contributed by atoms with Gasteiger partial charge in [0.25, 0.3) is 11.8 Å². The molecule has 1 aliphatic heterocycles. The fourth-order valence-corrected chi connectivity index (χ4v) is 4.37. The molecule has 0 saturated carbocycles. The Hall–Kier alpha value is -3.13. The lowest BCUT2D eigenvalue weighted by Gasteiger charge is -2.27. The molecule has 3 aromatic carbocycles. The fourth-order valence-electron chi connectivity index (χ4n) is 3.43. The quantitative estimate of drug-likeness (QED) is 0.293. The van der Waals surface area contributed by atoms with Crippen LogP contribution in [0, 0.1) is 6.92 Å². The van der Waals surface area contributed by atoms with Crippen molar-refractivity contribution in [1.82, 2.24) is 5.32 Å². The van der Waals surface area contributed by atoms with Gasteiger partial charge in [-0.3, -0.25) is 14.9 Å². The molecule has 1 heterocycles. The van der Waals surface area contributed by atoms with Crippen molar-refractivity contribution in [3.8, 4) is 5.75 Å². The number of anilines is 1. The predicted molar refractivity (Wildman–Crippen MR) is 135 cm³/mol. The number of para-hydroxylation sites is 1. The second-order valence-electron chi connectivity index (χ2n) is 7.45. The molecule has 172 valence electrons. The van der Waals surface area contributed by atoms with Gasteiger partial charge in [-0.1, -0.05) is 63.4 Å². The third kappa shape index (κ3) is 5.01. The van der Waals surface area contributed by atoms with Gasteiger partial charge in [-0.05, 0) is 55.0 Å². The van der Waals surface area contributed by atoms with Crippen molar-refractivity contribution in [3.05, 3.63) is 97.4 Å². The van der Waals surface area contributed by atoms with Crippen molar-refractivity contribution in [3.63, 3.8) is 0 Å². The summed E-state index contributed by atoms with van der Waals surface area (Å²) < 4.78 is 6.72. The summed E-state index contributed by atoms with van der Waals surface area (Å²) in [7, 11) is 0. The molecule has 1 saturated heterocycles. The van der Waals surface area contributed by atoms with Crippen molar-refractivity contribution in [2.24, 2.45) is 0 Å². The Labute approximate surface area is 214 Å². The first-order chi connectivity index (χ1) is 16.2. The molecular weight excluding hydrogens is 543 g/mol. The van der Waals surface area contributed by atoms with Crippen LogP contribution in [0.4, 0.5) is 10.5 Å². The van der Waals surface area contributed by atoms with Gasteiger partial charge in [0.15, 0.2) is 0 Å². The number of ether oxygens (including phenoxy) is 1. The smallest absolute Gasteiger partial charge is 0.335 e. The van der Waals surface area contributed by atoms with Gasteiger partial charge in [-0.2, -0.15) is 0 Å². The van der Waals surface area contributed by atoms with E-state index < -0.39 is 17.8 Å². The van der Waals surface area contributed by atoms with Crippen LogP contribution >= 0.6 is 39.1 Å². The molecule has 0 radical (unpaired) electrons. The van der Waals surface area contributed by atoms with Crippen LogP contribution in [0.2, 0.25) is 10.0 Å². The summed E-state index contributed by atoms with van der Waals surface area (Å²) in [5.74, 6) is -1.07. The zero-order chi connectivity index (χ0) is 24.4. The standard InChI is InChI=1S/C25H17BrCl2N2O4/c1-14-10-17(26)7-9-21(14)30-24(32)19(23(31)29-25(30)33)11-15-4-2-3-5-22(15)34-13-16-6-8-18(27)12-20(16)28/h2-12H,13H2,1H3,(H,29,31,33)/b19-11-. The minimum absolute atomic E-state index is 0.152. The summed E-state index contributed by atoms with van der Waals surface area (Å²) in [6.45, 7) is 1.92. The van der Waals surface area contributed by atoms with E-state index in [1.807, 2.05) is 0 Å². The van der Waals surface area contributed by atoms with Crippen LogP contribution in [-0.4, -0.2) is 17.8 Å². The number of urea groups is 1. The molecule has 0 bridgehead atoms. The van der Waals surface area contributed by atoms with E-state index in [2.05, 4.69) is 21.2 Å². The predicted octanol–water partition coefficient (Wildman–Crippen LogP) is 6.31. The average Bonchev–Trinajstić information content (AvgIpc) is 2.78. The second kappa shape index (κ2) is 10.0. The number of amides is 4. The maximum Gasteiger partial charge on any atom is 0.335 e. The molecule has 9 heteroatoms. The highest BCUT2D eigenvalue weighted by Crippen LogP contribution is 2.30. The largest absolute Gasteiger partial charge is 0.488 e. The fraction of sp³-hybridized carbons (Fsp3) is 0.0800. The van der Waals surface area contributed by atoms with Crippen molar-refractivity contribution >= 4 is 68.7 Å². The summed E-state index contributed by atoms with van der Waals surface area (Å²) in [6, 6.07) is 16.4. The molecule has 4 amide bonds. The Bertz CT molecular complexity index is 1360. The van der Waals surface area contributed by atoms with Gasteiger partial charge in [0.1, 0.15) is 17.9 Å². The van der Waals surface area contributed by atoms with Crippen molar-refractivity contribution in [1.29, 1.82) is 0 Å². The van der Waals surface area contributed by atoms with E-state index in [-0.39, 0.29) is 12.2 Å². The van der Waals surface area contributed by atoms with E-state index in [1.165, 1.54) is 6.08 Å². The molecule has 1 aliphatic rings. The van der Waals surface area contributed by atoms with E-state index >= 15 is 0 Å². The molecule has 0 aliphatic carbocycles. The Morgan fingerprint density at radius 2 is 1.79 bits per heavy atom. The Morgan fingerprint density at radius 1 is 1.03 bits per heavy atom. The summed E-state index contributed by atoms with van der Waals surface area (Å²) in [5, 5.41) is 3.21. The Morgan fingerprint density at radius 3 is 2.53 bits per heavy atom. The number of nitrogens with zero attached hydrogens (tertiary/aromatic N) is 1. The van der Waals surface area contributed by atoms with Crippen LogP contribution in [-0.2, 0) is 16.2 Å². The van der Waals surface area contributed by atoms with Gasteiger partial charge in [-0.25, -0.2) is 9.69 Å². The van der Waals surface area contributed by atoms with Crippen LogP contribution in [0.15, 0.2) is 70.7 Å². The first-order valence-corrected chi connectivity index (χ1v) is 11.6. The summed E-state index contributed by atoms with van der Waals surface area (Å²) >= 11 is 15.5. The number of rotatable bonds is 5. The van der Waals surface area contributed by atoms with Gasteiger partial charge < -0.3 is 4.74 Å². The number of hydrogen-bond acceptors (Lipinski definition) is 4. The van der Waals surface area contributed by atoms with Gasteiger partial charge in [0.2, 0.25) is 0 Å². The highest BCUT2D eigenvalue weighted by atomic mass is 79.9. The molecule has 1 fully saturated rings. The number of benzene rings is 3. The van der Waals surface area contributed by atoms with Crippen LogP contribution in [0.1, 0.15) is 16.7 Å². The Balaban J connectivity index is 1.66. The topological polar surface area (TPSA) is 75.7 Å². The first-order valence-electron chi connectivity index (χ1n) is 10.1. The van der Waals surface area contributed by atoms with Gasteiger partial charge >= 0.3 is 6.03 Å². The molecular formula is C25H17BrCl2N2O4. The number of carbonyl (C=O) groups excluding carboxylic acids is 3. The molecule has 4 rings (SSSR count). The lowest BCUT2D eigenvalue weighted by atomic mass is 10.0. The van der Waals surface area contributed by atoms with E-state index in [0.717, 1.165) is 14.9 Å². The highest BCUT2D eigenvalue weighted by molar-refractivity contribution is 9.10. The number of aryl methyl sites for hydroxylation is 1. The third-order valence-electron chi connectivity index (χ3n) is 5.12. The summed E-state index contributed by atoms with van der Waals surface area (Å²) in [4.78, 5) is 39.3. The summed E-state index contributed by atoms with van der Waals surface area (Å²) in [6.07, 6.45) is 1.41. The minimum atomic E-state index is -0.806. The molecule has 3 aromatic rings. The van der Waals surface area contributed by atoms with Crippen LogP contribution in [0.25, 0.3) is 6.08 Å². The monoisotopic (exact) mass is 558 g/mol. The molecule has 34 heavy (non-hydrogen) atoms. The molecule has 0 unspecified atom stereocenters. The number of carbonyl (C=O) groups is 3. The molecule has 0 spiro atoms. The number of hydrogen-bond donors (Lipinski definition) is 1. The number of barbiturate groups is 1. The lowest BCUT2D eigenvalue weighted by molar-refractivity contribution is -0.122. The van der Waals surface area contributed by atoms with E-state index in [9.17, 15) is 14.4 Å². The third-order valence-corrected chi connectivity index (χ3v) is 6.20. The van der Waals surface area contributed by atoms with Crippen LogP contribution < -0.4 is 15.0 Å². The number of halogens is 3. The van der Waals surface area contributed by atoms with Crippen molar-refractivity contribution in [2.45, 2.75) is 13.5 Å².